The number of nitrogen functional groups attached to an aromatic ring is 2. The van der Waals surface area contributed by atoms with Crippen LogP contribution in [0, 0.1) is 0 Å². The van der Waals surface area contributed by atoms with Crippen molar-refractivity contribution in [1.29, 1.82) is 0 Å². The van der Waals surface area contributed by atoms with Crippen LogP contribution >= 0.6 is 0 Å². The molecule has 0 fully saturated rings. The van der Waals surface area contributed by atoms with E-state index in [2.05, 4.69) is 38.1 Å². The van der Waals surface area contributed by atoms with Crippen LogP contribution in [0.1, 0.15) is 25.0 Å². The number of hydrogen-bond acceptors (Lipinski definition) is 6. The normalized spacial score (nSPS) is 11.1. The van der Waals surface area contributed by atoms with E-state index < -0.39 is 0 Å². The molecule has 0 amide bonds. The molecule has 0 bridgehead atoms. The zero-order valence-electron chi connectivity index (χ0n) is 20.4. The van der Waals surface area contributed by atoms with Gasteiger partial charge in [-0.1, -0.05) is 38.1 Å². The third-order valence-corrected chi connectivity index (χ3v) is 6.03. The van der Waals surface area contributed by atoms with Crippen molar-refractivity contribution < 1.29 is 18.9 Å². The lowest BCUT2D eigenvalue weighted by Crippen LogP contribution is -2.18. The van der Waals surface area contributed by atoms with Crippen LogP contribution < -0.4 is 30.4 Å². The zero-order chi connectivity index (χ0) is 25.0. The average Bonchev–Trinajstić information content (AvgIpc) is 2.87. The first-order valence-corrected chi connectivity index (χ1v) is 11.2. The lowest BCUT2D eigenvalue weighted by atomic mass is 9.78. The summed E-state index contributed by atoms with van der Waals surface area (Å²) >= 11 is 0. The van der Waals surface area contributed by atoms with E-state index in [1.165, 1.54) is 0 Å². The van der Waals surface area contributed by atoms with Gasteiger partial charge in [0.25, 0.3) is 0 Å². The van der Waals surface area contributed by atoms with Crippen molar-refractivity contribution in [1.82, 2.24) is 0 Å². The summed E-state index contributed by atoms with van der Waals surface area (Å²) in [5.41, 5.74) is 15.0. The molecule has 0 aromatic heterocycles. The number of anilines is 2. The van der Waals surface area contributed by atoms with Crippen molar-refractivity contribution in [3.8, 4) is 34.5 Å². The summed E-state index contributed by atoms with van der Waals surface area (Å²) in [6.45, 7) is 4.38. The van der Waals surface area contributed by atoms with E-state index in [0.717, 1.165) is 22.6 Å². The Bertz CT molecular complexity index is 1200. The van der Waals surface area contributed by atoms with Gasteiger partial charge in [0.1, 0.15) is 34.5 Å². The summed E-state index contributed by atoms with van der Waals surface area (Å²) in [6.07, 6.45) is 0. The molecule has 4 N–H and O–H groups in total. The summed E-state index contributed by atoms with van der Waals surface area (Å²) in [5.74, 6) is 3.97. The van der Waals surface area contributed by atoms with Crippen molar-refractivity contribution in [2.24, 2.45) is 0 Å². The standard InChI is InChI=1S/C29H30N2O4/c1-29(2,19-5-9-21(10-6-19)34-23-13-15-25(30)27(17-23)32-3)20-7-11-22(12-8-20)35-24-14-16-26(31)28(18-24)33-4/h5-18H,30-31H2,1-4H3. The molecular formula is C29H30N2O4. The Balaban J connectivity index is 1.47. The Morgan fingerprint density at radius 3 is 1.20 bits per heavy atom. The molecule has 0 aliphatic carbocycles. The van der Waals surface area contributed by atoms with E-state index in [-0.39, 0.29) is 5.41 Å². The zero-order valence-corrected chi connectivity index (χ0v) is 20.4. The highest BCUT2D eigenvalue weighted by atomic mass is 16.5. The van der Waals surface area contributed by atoms with Crippen molar-refractivity contribution in [3.05, 3.63) is 96.1 Å². The fourth-order valence-corrected chi connectivity index (χ4v) is 3.83. The van der Waals surface area contributed by atoms with E-state index in [0.29, 0.717) is 34.4 Å². The van der Waals surface area contributed by atoms with Gasteiger partial charge in [-0.2, -0.15) is 0 Å². The molecule has 0 aliphatic rings. The second kappa shape index (κ2) is 9.89. The SMILES string of the molecule is COc1cc(Oc2ccc(C(C)(C)c3ccc(Oc4ccc(N)c(OC)c4)cc3)cc2)ccc1N. The number of methoxy groups -OCH3 is 2. The fourth-order valence-electron chi connectivity index (χ4n) is 3.83. The molecule has 35 heavy (non-hydrogen) atoms. The van der Waals surface area contributed by atoms with Gasteiger partial charge in [0, 0.05) is 17.5 Å². The van der Waals surface area contributed by atoms with Crippen LogP contribution in [0.25, 0.3) is 0 Å². The van der Waals surface area contributed by atoms with Crippen LogP contribution in [0.4, 0.5) is 11.4 Å². The summed E-state index contributed by atoms with van der Waals surface area (Å²) < 4.78 is 22.5. The monoisotopic (exact) mass is 470 g/mol. The number of benzene rings is 4. The first-order valence-electron chi connectivity index (χ1n) is 11.2. The lowest BCUT2D eigenvalue weighted by Gasteiger charge is -2.26. The summed E-state index contributed by atoms with van der Waals surface area (Å²) in [5, 5.41) is 0. The highest BCUT2D eigenvalue weighted by Crippen LogP contribution is 2.36. The van der Waals surface area contributed by atoms with E-state index in [1.54, 1.807) is 38.5 Å². The van der Waals surface area contributed by atoms with Gasteiger partial charge in [-0.3, -0.25) is 0 Å². The van der Waals surface area contributed by atoms with Crippen molar-refractivity contribution >= 4 is 11.4 Å². The number of nitrogens with two attached hydrogens (primary N) is 2. The number of ether oxygens (including phenoxy) is 4. The Morgan fingerprint density at radius 1 is 0.514 bits per heavy atom. The van der Waals surface area contributed by atoms with Gasteiger partial charge in [0.15, 0.2) is 0 Å². The fraction of sp³-hybridized carbons (Fsp3) is 0.172. The van der Waals surface area contributed by atoms with Crippen LogP contribution in [-0.2, 0) is 5.41 Å². The molecule has 0 heterocycles. The Kier molecular flexibility index (Phi) is 6.73. The summed E-state index contributed by atoms with van der Waals surface area (Å²) in [7, 11) is 3.17. The molecule has 6 nitrogen and oxygen atoms in total. The molecular weight excluding hydrogens is 440 g/mol. The molecule has 0 spiro atoms. The van der Waals surface area contributed by atoms with E-state index >= 15 is 0 Å². The lowest BCUT2D eigenvalue weighted by molar-refractivity contribution is 0.411. The topological polar surface area (TPSA) is 89.0 Å². The molecule has 6 heteroatoms. The third kappa shape index (κ3) is 5.27. The van der Waals surface area contributed by atoms with Gasteiger partial charge in [-0.15, -0.1) is 0 Å². The predicted molar refractivity (Wildman–Crippen MR) is 140 cm³/mol. The minimum absolute atomic E-state index is 0.216. The van der Waals surface area contributed by atoms with E-state index in [1.807, 2.05) is 36.4 Å². The Hall–Kier alpha value is -4.32. The van der Waals surface area contributed by atoms with Gasteiger partial charge in [-0.05, 0) is 59.7 Å². The minimum Gasteiger partial charge on any atom is -0.494 e. The molecule has 0 atom stereocenters. The Labute approximate surface area is 206 Å². The maximum atomic E-state index is 5.98. The molecule has 0 saturated carbocycles. The van der Waals surface area contributed by atoms with Gasteiger partial charge in [0.05, 0.1) is 25.6 Å². The first-order chi connectivity index (χ1) is 16.8. The molecule has 0 aliphatic heterocycles. The Morgan fingerprint density at radius 2 is 0.857 bits per heavy atom. The van der Waals surface area contributed by atoms with Gasteiger partial charge in [0.2, 0.25) is 0 Å². The second-order valence-electron chi connectivity index (χ2n) is 8.69. The predicted octanol–water partition coefficient (Wildman–Crippen LogP) is 6.78. The van der Waals surface area contributed by atoms with Crippen LogP contribution in [0.3, 0.4) is 0 Å². The molecule has 4 aromatic carbocycles. The van der Waals surface area contributed by atoms with Gasteiger partial charge >= 0.3 is 0 Å². The smallest absolute Gasteiger partial charge is 0.145 e. The summed E-state index contributed by atoms with van der Waals surface area (Å²) in [6, 6.07) is 26.9. The maximum Gasteiger partial charge on any atom is 0.145 e. The first kappa shape index (κ1) is 23.8. The molecule has 0 radical (unpaired) electrons. The largest absolute Gasteiger partial charge is 0.494 e. The van der Waals surface area contributed by atoms with Gasteiger partial charge < -0.3 is 30.4 Å². The highest BCUT2D eigenvalue weighted by Gasteiger charge is 2.23. The summed E-state index contributed by atoms with van der Waals surface area (Å²) in [4.78, 5) is 0. The third-order valence-electron chi connectivity index (χ3n) is 6.03. The maximum absolute atomic E-state index is 5.98. The number of hydrogen-bond donors (Lipinski definition) is 2. The average molecular weight is 471 g/mol. The minimum atomic E-state index is -0.216. The molecule has 4 rings (SSSR count). The molecule has 180 valence electrons. The van der Waals surface area contributed by atoms with Crippen molar-refractivity contribution in [2.45, 2.75) is 19.3 Å². The second-order valence-corrected chi connectivity index (χ2v) is 8.69. The quantitative estimate of drug-likeness (QED) is 0.276. The molecule has 4 aromatic rings. The van der Waals surface area contributed by atoms with E-state index in [4.69, 9.17) is 30.4 Å². The van der Waals surface area contributed by atoms with Gasteiger partial charge in [-0.25, -0.2) is 0 Å². The van der Waals surface area contributed by atoms with Crippen LogP contribution in [-0.4, -0.2) is 14.2 Å². The van der Waals surface area contributed by atoms with Crippen molar-refractivity contribution in [3.63, 3.8) is 0 Å². The molecule has 0 saturated heterocycles. The van der Waals surface area contributed by atoms with Crippen molar-refractivity contribution in [2.75, 3.05) is 25.7 Å². The highest BCUT2D eigenvalue weighted by molar-refractivity contribution is 5.57. The van der Waals surface area contributed by atoms with Crippen LogP contribution in [0.5, 0.6) is 34.5 Å². The molecule has 0 unspecified atom stereocenters. The van der Waals surface area contributed by atoms with E-state index in [9.17, 15) is 0 Å². The van der Waals surface area contributed by atoms with Crippen LogP contribution in [0.15, 0.2) is 84.9 Å². The number of rotatable bonds is 8. The van der Waals surface area contributed by atoms with Crippen LogP contribution in [0.2, 0.25) is 0 Å².